The molecule has 0 saturated heterocycles. The van der Waals surface area contributed by atoms with Gasteiger partial charge in [-0.1, -0.05) is 23.2 Å². The number of nitrogens with zero attached hydrogens (tertiary/aromatic N) is 1. The smallest absolute Gasteiger partial charge is 0.288 e. The maximum atomic E-state index is 10.5. The first-order valence-corrected chi connectivity index (χ1v) is 4.04. The Balaban J connectivity index is 3.49. The quantitative estimate of drug-likeness (QED) is 0.570. The maximum absolute atomic E-state index is 10.5. The molecule has 0 amide bonds. The third-order valence-corrected chi connectivity index (χ3v) is 2.17. The van der Waals surface area contributed by atoms with Crippen LogP contribution in [0, 0.1) is 10.1 Å². The van der Waals surface area contributed by atoms with E-state index in [9.17, 15) is 20.0 Å². The van der Waals surface area contributed by atoms with Crippen LogP contribution in [0.3, 0.4) is 0 Å². The fourth-order valence-corrected chi connectivity index (χ4v) is 1.46. The van der Waals surface area contributed by atoms with Gasteiger partial charge in [-0.25, -0.2) is 0 Å². The number of carbonyl (C=O) groups excluding carboxylic acids is 1. The lowest BCUT2D eigenvalue weighted by atomic mass is 10.2. The van der Waals surface area contributed by atoms with E-state index >= 15 is 0 Å². The SMILES string of the molecule is O=C([O-])c1c(Cl)ccc([N+](=O)[O-])c1Cl. The molecule has 0 aliphatic heterocycles. The molecule has 1 aromatic carbocycles. The molecule has 7 heteroatoms. The Morgan fingerprint density at radius 3 is 2.36 bits per heavy atom. The van der Waals surface area contributed by atoms with Crippen LogP contribution in [0.2, 0.25) is 10.0 Å². The van der Waals surface area contributed by atoms with Crippen LogP contribution in [0.5, 0.6) is 0 Å². The van der Waals surface area contributed by atoms with E-state index < -0.39 is 27.2 Å². The van der Waals surface area contributed by atoms with E-state index in [4.69, 9.17) is 23.2 Å². The minimum Gasteiger partial charge on any atom is -0.545 e. The average Bonchev–Trinajstić information content (AvgIpc) is 2.02. The van der Waals surface area contributed by atoms with Gasteiger partial charge in [0.25, 0.3) is 5.69 Å². The Kier molecular flexibility index (Phi) is 2.93. The van der Waals surface area contributed by atoms with Crippen molar-refractivity contribution in [1.29, 1.82) is 0 Å². The van der Waals surface area contributed by atoms with Gasteiger partial charge in [0.1, 0.15) is 5.02 Å². The predicted molar refractivity (Wildman–Crippen MR) is 47.4 cm³/mol. The third-order valence-electron chi connectivity index (χ3n) is 1.47. The summed E-state index contributed by atoms with van der Waals surface area (Å²) >= 11 is 10.9. The topological polar surface area (TPSA) is 83.3 Å². The molecule has 0 aliphatic carbocycles. The number of nitro benzene ring substituents is 1. The van der Waals surface area contributed by atoms with Crippen molar-refractivity contribution in [3.8, 4) is 0 Å². The molecular formula is C7H2Cl2NO4-. The van der Waals surface area contributed by atoms with Crippen LogP contribution < -0.4 is 5.11 Å². The van der Waals surface area contributed by atoms with Gasteiger partial charge in [-0.15, -0.1) is 0 Å². The number of rotatable bonds is 2. The van der Waals surface area contributed by atoms with Crippen LogP contribution in [0.15, 0.2) is 12.1 Å². The lowest BCUT2D eigenvalue weighted by molar-refractivity contribution is -0.384. The molecule has 0 N–H and O–H groups in total. The first-order chi connectivity index (χ1) is 6.45. The van der Waals surface area contributed by atoms with Crippen molar-refractivity contribution < 1.29 is 14.8 Å². The summed E-state index contributed by atoms with van der Waals surface area (Å²) in [5.74, 6) is -1.65. The van der Waals surface area contributed by atoms with E-state index in [2.05, 4.69) is 0 Å². The van der Waals surface area contributed by atoms with Gasteiger partial charge in [0, 0.05) is 11.6 Å². The zero-order valence-corrected chi connectivity index (χ0v) is 8.00. The number of hydrogen-bond acceptors (Lipinski definition) is 4. The van der Waals surface area contributed by atoms with Crippen molar-refractivity contribution in [3.63, 3.8) is 0 Å². The van der Waals surface area contributed by atoms with E-state index in [0.717, 1.165) is 12.1 Å². The van der Waals surface area contributed by atoms with Gasteiger partial charge >= 0.3 is 0 Å². The Bertz CT molecular complexity index is 418. The molecule has 74 valence electrons. The number of carbonyl (C=O) groups is 1. The highest BCUT2D eigenvalue weighted by Crippen LogP contribution is 2.32. The molecule has 0 radical (unpaired) electrons. The largest absolute Gasteiger partial charge is 0.545 e. The molecule has 0 aliphatic rings. The van der Waals surface area contributed by atoms with Crippen molar-refractivity contribution in [2.24, 2.45) is 0 Å². The van der Waals surface area contributed by atoms with Gasteiger partial charge in [-0.05, 0) is 6.07 Å². The normalized spacial score (nSPS) is 9.86. The molecule has 0 atom stereocenters. The molecule has 5 nitrogen and oxygen atoms in total. The number of halogens is 2. The first kappa shape index (κ1) is 10.7. The van der Waals surface area contributed by atoms with Crippen molar-refractivity contribution in [3.05, 3.63) is 37.9 Å². The highest BCUT2D eigenvalue weighted by atomic mass is 35.5. The van der Waals surface area contributed by atoms with Gasteiger partial charge in [0.2, 0.25) is 0 Å². The maximum Gasteiger partial charge on any atom is 0.288 e. The van der Waals surface area contributed by atoms with Crippen LogP contribution in [-0.4, -0.2) is 10.9 Å². The predicted octanol–water partition coefficient (Wildman–Crippen LogP) is 1.27. The summed E-state index contributed by atoms with van der Waals surface area (Å²) in [6, 6.07) is 2.10. The molecular weight excluding hydrogens is 233 g/mol. The second-order valence-corrected chi connectivity index (χ2v) is 3.09. The van der Waals surface area contributed by atoms with Gasteiger partial charge in [0.05, 0.1) is 15.9 Å². The van der Waals surface area contributed by atoms with Crippen molar-refractivity contribution in [2.45, 2.75) is 0 Å². The molecule has 0 spiro atoms. The molecule has 0 saturated carbocycles. The molecule has 1 rings (SSSR count). The number of nitro groups is 1. The molecule has 0 heterocycles. The van der Waals surface area contributed by atoms with Crippen molar-refractivity contribution >= 4 is 34.9 Å². The molecule has 0 unspecified atom stereocenters. The van der Waals surface area contributed by atoms with Gasteiger partial charge in [-0.3, -0.25) is 10.1 Å². The Labute approximate surface area is 88.0 Å². The monoisotopic (exact) mass is 234 g/mol. The lowest BCUT2D eigenvalue weighted by Gasteiger charge is -2.07. The number of benzene rings is 1. The summed E-state index contributed by atoms with van der Waals surface area (Å²) in [5, 5.41) is 20.2. The van der Waals surface area contributed by atoms with E-state index in [1.807, 2.05) is 0 Å². The number of hydrogen-bond donors (Lipinski definition) is 0. The standard InChI is InChI=1S/C7H3Cl2NO4/c8-3-1-2-4(10(13)14)6(9)5(3)7(11)12/h1-2H,(H,11,12)/p-1. The third kappa shape index (κ3) is 1.78. The zero-order valence-electron chi connectivity index (χ0n) is 6.49. The fraction of sp³-hybridized carbons (Fsp3) is 0. The van der Waals surface area contributed by atoms with Crippen LogP contribution in [0.25, 0.3) is 0 Å². The molecule has 0 aromatic heterocycles. The summed E-state index contributed by atoms with van der Waals surface area (Å²) in [7, 11) is 0. The number of aromatic carboxylic acids is 1. The number of carboxylic acid groups (broad SMARTS) is 1. The van der Waals surface area contributed by atoms with Gasteiger partial charge < -0.3 is 9.90 Å². The van der Waals surface area contributed by atoms with Crippen LogP contribution >= 0.6 is 23.2 Å². The van der Waals surface area contributed by atoms with E-state index in [0.29, 0.717) is 0 Å². The summed E-state index contributed by atoms with van der Waals surface area (Å²) in [5.41, 5.74) is -1.09. The second kappa shape index (κ2) is 3.81. The summed E-state index contributed by atoms with van der Waals surface area (Å²) in [4.78, 5) is 20.1. The van der Waals surface area contributed by atoms with Gasteiger partial charge in [-0.2, -0.15) is 0 Å². The average molecular weight is 235 g/mol. The highest BCUT2D eigenvalue weighted by molar-refractivity contribution is 6.40. The lowest BCUT2D eigenvalue weighted by Crippen LogP contribution is -2.23. The second-order valence-electron chi connectivity index (χ2n) is 2.30. The summed E-state index contributed by atoms with van der Waals surface area (Å²) in [6.07, 6.45) is 0. The van der Waals surface area contributed by atoms with Crippen LogP contribution in [0.1, 0.15) is 10.4 Å². The highest BCUT2D eigenvalue weighted by Gasteiger charge is 2.18. The fourth-order valence-electron chi connectivity index (χ4n) is 0.870. The van der Waals surface area contributed by atoms with Crippen LogP contribution in [0.4, 0.5) is 5.69 Å². The molecule has 0 fully saturated rings. The summed E-state index contributed by atoms with van der Waals surface area (Å²) in [6.45, 7) is 0. The van der Waals surface area contributed by atoms with E-state index in [1.165, 1.54) is 0 Å². The minimum absolute atomic E-state index is 0.194. The van der Waals surface area contributed by atoms with Gasteiger partial charge in [0.15, 0.2) is 0 Å². The zero-order chi connectivity index (χ0) is 10.9. The Hall–Kier alpha value is -1.33. The van der Waals surface area contributed by atoms with E-state index in [1.54, 1.807) is 0 Å². The number of carboxylic acids is 1. The van der Waals surface area contributed by atoms with Crippen molar-refractivity contribution in [2.75, 3.05) is 0 Å². The minimum atomic E-state index is -1.65. The first-order valence-electron chi connectivity index (χ1n) is 3.29. The van der Waals surface area contributed by atoms with E-state index in [-0.39, 0.29) is 5.02 Å². The van der Waals surface area contributed by atoms with Crippen LogP contribution in [-0.2, 0) is 0 Å². The molecule has 0 bridgehead atoms. The molecule has 14 heavy (non-hydrogen) atoms. The van der Waals surface area contributed by atoms with Crippen molar-refractivity contribution in [1.82, 2.24) is 0 Å². The Morgan fingerprint density at radius 2 is 1.93 bits per heavy atom. The molecule has 1 aromatic rings. The Morgan fingerprint density at radius 1 is 1.36 bits per heavy atom. The summed E-state index contributed by atoms with van der Waals surface area (Å²) < 4.78 is 0.